The molecule has 6 heteroatoms. The summed E-state index contributed by atoms with van der Waals surface area (Å²) < 4.78 is 1.01. The summed E-state index contributed by atoms with van der Waals surface area (Å²) in [6.45, 7) is 5.10. The second-order valence-electron chi connectivity index (χ2n) is 3.48. The zero-order chi connectivity index (χ0) is 12.1. The Labute approximate surface area is 109 Å². The average molecular weight is 266 g/mol. The number of hydrogen-bond acceptors (Lipinski definition) is 6. The van der Waals surface area contributed by atoms with Crippen LogP contribution in [-0.4, -0.2) is 21.5 Å². The van der Waals surface area contributed by atoms with E-state index in [1.54, 1.807) is 35.6 Å². The number of nitrogens with one attached hydrogen (secondary N) is 1. The maximum absolute atomic E-state index is 4.30. The van der Waals surface area contributed by atoms with Gasteiger partial charge in [-0.2, -0.15) is 0 Å². The van der Waals surface area contributed by atoms with Gasteiger partial charge in [-0.25, -0.2) is 15.0 Å². The van der Waals surface area contributed by atoms with Gasteiger partial charge in [0.2, 0.25) is 0 Å². The van der Waals surface area contributed by atoms with Crippen LogP contribution in [0.5, 0.6) is 0 Å². The van der Waals surface area contributed by atoms with Crippen molar-refractivity contribution in [1.82, 2.24) is 15.0 Å². The Balaban J connectivity index is 2.17. The molecule has 0 aliphatic carbocycles. The Bertz CT molecular complexity index is 470. The quantitative estimate of drug-likeness (QED) is 0.842. The first-order chi connectivity index (χ1) is 8.31. The summed E-state index contributed by atoms with van der Waals surface area (Å²) in [7, 11) is 0. The third-order valence-corrected chi connectivity index (χ3v) is 4.16. The van der Waals surface area contributed by atoms with Crippen LogP contribution >= 0.6 is 23.1 Å². The van der Waals surface area contributed by atoms with Crippen molar-refractivity contribution in [2.45, 2.75) is 29.6 Å². The Kier molecular flexibility index (Phi) is 4.33. The summed E-state index contributed by atoms with van der Waals surface area (Å²) in [5.41, 5.74) is 1.08. The molecule has 0 aliphatic heterocycles. The number of nitrogens with zero attached hydrogens (tertiary/aromatic N) is 3. The topological polar surface area (TPSA) is 50.7 Å². The highest BCUT2D eigenvalue weighted by Crippen LogP contribution is 2.31. The van der Waals surface area contributed by atoms with E-state index in [0.717, 1.165) is 33.7 Å². The van der Waals surface area contributed by atoms with Gasteiger partial charge in [0.05, 0.1) is 0 Å². The summed E-state index contributed by atoms with van der Waals surface area (Å²) in [6.07, 6.45) is 4.49. The van der Waals surface area contributed by atoms with Gasteiger partial charge in [0.1, 0.15) is 17.2 Å². The number of aromatic nitrogens is 3. The minimum absolute atomic E-state index is 0.918. The molecule has 0 amide bonds. The van der Waals surface area contributed by atoms with Crippen LogP contribution in [0.3, 0.4) is 0 Å². The van der Waals surface area contributed by atoms with Crippen molar-refractivity contribution in [1.29, 1.82) is 0 Å². The van der Waals surface area contributed by atoms with Crippen LogP contribution in [0.2, 0.25) is 0 Å². The minimum atomic E-state index is 0.918. The molecule has 4 nitrogen and oxygen atoms in total. The van der Waals surface area contributed by atoms with Crippen LogP contribution in [0.1, 0.15) is 18.9 Å². The number of anilines is 1. The van der Waals surface area contributed by atoms with E-state index in [9.17, 15) is 0 Å². The third-order valence-electron chi connectivity index (χ3n) is 2.17. The van der Waals surface area contributed by atoms with E-state index in [1.807, 2.05) is 12.3 Å². The normalized spacial score (nSPS) is 10.5. The highest BCUT2D eigenvalue weighted by molar-refractivity contribution is 8.01. The van der Waals surface area contributed by atoms with Crippen molar-refractivity contribution >= 4 is 28.9 Å². The zero-order valence-corrected chi connectivity index (χ0v) is 11.4. The molecule has 0 atom stereocenters. The van der Waals surface area contributed by atoms with E-state index in [-0.39, 0.29) is 0 Å². The molecule has 17 heavy (non-hydrogen) atoms. The van der Waals surface area contributed by atoms with Crippen LogP contribution in [-0.2, 0) is 0 Å². The van der Waals surface area contributed by atoms with Crippen LogP contribution < -0.4 is 5.32 Å². The molecule has 2 aromatic rings. The SMILES string of the molecule is CCCNc1ncnc(Sc2nccs2)c1C. The Morgan fingerprint density at radius 1 is 1.35 bits per heavy atom. The highest BCUT2D eigenvalue weighted by Gasteiger charge is 2.09. The largest absolute Gasteiger partial charge is 0.370 e. The Morgan fingerprint density at radius 3 is 2.94 bits per heavy atom. The predicted octanol–water partition coefficient (Wildman–Crippen LogP) is 3.21. The maximum atomic E-state index is 4.30. The highest BCUT2D eigenvalue weighted by atomic mass is 32.2. The number of thiazole rings is 1. The first-order valence-corrected chi connectivity index (χ1v) is 7.13. The van der Waals surface area contributed by atoms with Gasteiger partial charge >= 0.3 is 0 Å². The first kappa shape index (κ1) is 12.3. The van der Waals surface area contributed by atoms with E-state index in [1.165, 1.54) is 0 Å². The molecule has 0 fully saturated rings. The first-order valence-electron chi connectivity index (χ1n) is 5.44. The van der Waals surface area contributed by atoms with Crippen LogP contribution in [0.25, 0.3) is 0 Å². The summed E-state index contributed by atoms with van der Waals surface area (Å²) in [5, 5.41) is 6.23. The molecule has 0 radical (unpaired) electrons. The zero-order valence-electron chi connectivity index (χ0n) is 9.80. The fourth-order valence-electron chi connectivity index (χ4n) is 1.30. The maximum Gasteiger partial charge on any atom is 0.156 e. The van der Waals surface area contributed by atoms with Gasteiger partial charge in [-0.15, -0.1) is 11.3 Å². The van der Waals surface area contributed by atoms with Crippen LogP contribution in [0, 0.1) is 6.92 Å². The molecule has 90 valence electrons. The van der Waals surface area contributed by atoms with E-state index >= 15 is 0 Å². The summed E-state index contributed by atoms with van der Waals surface area (Å²) in [4.78, 5) is 12.8. The average Bonchev–Trinajstić information content (AvgIpc) is 2.83. The van der Waals surface area contributed by atoms with Crippen molar-refractivity contribution in [2.24, 2.45) is 0 Å². The molecule has 2 heterocycles. The predicted molar refractivity (Wildman–Crippen MR) is 71.8 cm³/mol. The summed E-state index contributed by atoms with van der Waals surface area (Å²) in [6, 6.07) is 0. The van der Waals surface area contributed by atoms with E-state index in [4.69, 9.17) is 0 Å². The van der Waals surface area contributed by atoms with Crippen molar-refractivity contribution in [2.75, 3.05) is 11.9 Å². The second-order valence-corrected chi connectivity index (χ2v) is 5.61. The fourth-order valence-corrected chi connectivity index (χ4v) is 2.89. The summed E-state index contributed by atoms with van der Waals surface area (Å²) >= 11 is 3.21. The lowest BCUT2D eigenvalue weighted by Crippen LogP contribution is -2.05. The van der Waals surface area contributed by atoms with Crippen molar-refractivity contribution in [3.63, 3.8) is 0 Å². The molecular weight excluding hydrogens is 252 g/mol. The van der Waals surface area contributed by atoms with Gasteiger partial charge < -0.3 is 5.32 Å². The van der Waals surface area contributed by atoms with Gasteiger partial charge in [-0.05, 0) is 25.1 Å². The van der Waals surface area contributed by atoms with E-state index < -0.39 is 0 Å². The molecule has 0 saturated heterocycles. The standard InChI is InChI=1S/C11H14N4S2/c1-3-4-12-9-8(2)10(15-7-14-9)17-11-13-5-6-16-11/h5-7H,3-4H2,1-2H3,(H,12,14,15). The molecular formula is C11H14N4S2. The summed E-state index contributed by atoms with van der Waals surface area (Å²) in [5.74, 6) is 0.918. The molecule has 0 unspecified atom stereocenters. The smallest absolute Gasteiger partial charge is 0.156 e. The van der Waals surface area contributed by atoms with Gasteiger partial charge in [-0.3, -0.25) is 0 Å². The molecule has 0 aromatic carbocycles. The van der Waals surface area contributed by atoms with Crippen LogP contribution in [0.4, 0.5) is 5.82 Å². The Morgan fingerprint density at radius 2 is 2.24 bits per heavy atom. The lowest BCUT2D eigenvalue weighted by atomic mass is 10.3. The van der Waals surface area contributed by atoms with Crippen molar-refractivity contribution < 1.29 is 0 Å². The van der Waals surface area contributed by atoms with E-state index in [0.29, 0.717) is 0 Å². The molecule has 2 rings (SSSR count). The van der Waals surface area contributed by atoms with Gasteiger partial charge in [0.15, 0.2) is 4.34 Å². The van der Waals surface area contributed by atoms with Gasteiger partial charge in [0.25, 0.3) is 0 Å². The third kappa shape index (κ3) is 3.17. The van der Waals surface area contributed by atoms with Crippen molar-refractivity contribution in [3.05, 3.63) is 23.5 Å². The molecule has 0 saturated carbocycles. The van der Waals surface area contributed by atoms with E-state index in [2.05, 4.69) is 27.2 Å². The molecule has 0 aliphatic rings. The van der Waals surface area contributed by atoms with Crippen molar-refractivity contribution in [3.8, 4) is 0 Å². The second kappa shape index (κ2) is 5.97. The lowest BCUT2D eigenvalue weighted by Gasteiger charge is -2.09. The molecule has 0 bridgehead atoms. The monoisotopic (exact) mass is 266 g/mol. The molecule has 1 N–H and O–H groups in total. The van der Waals surface area contributed by atoms with Gasteiger partial charge in [0, 0.05) is 23.7 Å². The lowest BCUT2D eigenvalue weighted by molar-refractivity contribution is 0.938. The fraction of sp³-hybridized carbons (Fsp3) is 0.364. The number of hydrogen-bond donors (Lipinski definition) is 1. The molecule has 0 spiro atoms. The minimum Gasteiger partial charge on any atom is -0.370 e. The van der Waals surface area contributed by atoms with Gasteiger partial charge in [-0.1, -0.05) is 6.92 Å². The number of rotatable bonds is 5. The molecule has 2 aromatic heterocycles. The van der Waals surface area contributed by atoms with Crippen LogP contribution in [0.15, 0.2) is 27.3 Å². The Hall–Kier alpha value is -1.14.